The summed E-state index contributed by atoms with van der Waals surface area (Å²) in [6, 6.07) is 15.8. The molecule has 2 aromatic carbocycles. The van der Waals surface area contributed by atoms with Crippen molar-refractivity contribution in [3.05, 3.63) is 84.5 Å². The van der Waals surface area contributed by atoms with E-state index in [4.69, 9.17) is 10.7 Å². The Morgan fingerprint density at radius 1 is 1.02 bits per heavy atom. The van der Waals surface area contributed by atoms with Crippen LogP contribution in [-0.2, 0) is 0 Å². The molecule has 6 N–H and O–H groups in total. The predicted molar refractivity (Wildman–Crippen MR) is 161 cm³/mol. The number of aliphatic imine (C=N–C) groups is 1. The maximum Gasteiger partial charge on any atom is 0.137 e. The van der Waals surface area contributed by atoms with Crippen LogP contribution in [0.2, 0.25) is 0 Å². The number of nitrogens with two attached hydrogens (primary N) is 1. The second-order valence-corrected chi connectivity index (χ2v) is 10.4. The molecule has 2 heterocycles. The van der Waals surface area contributed by atoms with E-state index in [0.29, 0.717) is 30.5 Å². The average Bonchev–Trinajstić information content (AvgIpc) is 3.62. The summed E-state index contributed by atoms with van der Waals surface area (Å²) in [5.74, 6) is 0.0838. The molecule has 0 spiro atoms. The largest absolute Gasteiger partial charge is 0.506 e. The van der Waals surface area contributed by atoms with Gasteiger partial charge in [0, 0.05) is 68.7 Å². The zero-order chi connectivity index (χ0) is 28.1. The van der Waals surface area contributed by atoms with Crippen LogP contribution in [0.3, 0.4) is 0 Å². The van der Waals surface area contributed by atoms with Gasteiger partial charge >= 0.3 is 0 Å². The maximum atomic E-state index is 10.6. The fraction of sp³-hybridized carbons (Fsp3) is 0.367. The fourth-order valence-corrected chi connectivity index (χ4v) is 5.32. The first kappa shape index (κ1) is 27.6. The minimum absolute atomic E-state index is 0.00527. The molecule has 5 rings (SSSR count). The van der Waals surface area contributed by atoms with E-state index in [1.54, 1.807) is 12.2 Å². The lowest BCUT2D eigenvalue weighted by atomic mass is 10.0. The van der Waals surface area contributed by atoms with Gasteiger partial charge in [-0.1, -0.05) is 0 Å². The van der Waals surface area contributed by atoms with Crippen LogP contribution >= 0.6 is 0 Å². The highest BCUT2D eigenvalue weighted by atomic mass is 16.3. The number of nitrogens with zero attached hydrogens (tertiary/aromatic N) is 5. The van der Waals surface area contributed by atoms with Crippen LogP contribution in [0.1, 0.15) is 6.42 Å². The van der Waals surface area contributed by atoms with Crippen LogP contribution in [-0.4, -0.2) is 96.0 Å². The first-order valence-electron chi connectivity index (χ1n) is 13.7. The summed E-state index contributed by atoms with van der Waals surface area (Å²) >= 11 is 0. The van der Waals surface area contributed by atoms with Gasteiger partial charge in [-0.3, -0.25) is 4.99 Å². The molecule has 0 saturated carbocycles. The predicted octanol–water partition coefficient (Wildman–Crippen LogP) is 2.58. The van der Waals surface area contributed by atoms with Crippen molar-refractivity contribution < 1.29 is 15.3 Å². The lowest BCUT2D eigenvalue weighted by Gasteiger charge is -2.26. The van der Waals surface area contributed by atoms with Crippen molar-refractivity contribution in [2.24, 2.45) is 10.7 Å². The molecule has 10 nitrogen and oxygen atoms in total. The van der Waals surface area contributed by atoms with E-state index in [1.165, 1.54) is 5.69 Å². The molecular formula is C30H39N7O3. The Balaban J connectivity index is 1.24. The van der Waals surface area contributed by atoms with Crippen molar-refractivity contribution in [3.63, 3.8) is 0 Å². The van der Waals surface area contributed by atoms with Crippen molar-refractivity contribution in [1.82, 2.24) is 9.80 Å². The molecule has 10 heteroatoms. The molecule has 2 aliphatic heterocycles. The van der Waals surface area contributed by atoms with Crippen LogP contribution in [0.5, 0.6) is 0 Å². The molecule has 1 saturated heterocycles. The van der Waals surface area contributed by atoms with Gasteiger partial charge in [0.2, 0.25) is 0 Å². The van der Waals surface area contributed by atoms with E-state index >= 15 is 0 Å². The second kappa shape index (κ2) is 12.5. The molecule has 2 unspecified atom stereocenters. The summed E-state index contributed by atoms with van der Waals surface area (Å²) in [7, 11) is 2.10. The zero-order valence-corrected chi connectivity index (χ0v) is 22.9. The molecule has 2 atom stereocenters. The van der Waals surface area contributed by atoms with E-state index in [-0.39, 0.29) is 19.0 Å². The zero-order valence-electron chi connectivity index (χ0n) is 22.9. The van der Waals surface area contributed by atoms with Crippen LogP contribution < -0.4 is 20.9 Å². The molecule has 3 aliphatic rings. The molecule has 0 aromatic heterocycles. The van der Waals surface area contributed by atoms with Gasteiger partial charge in [-0.25, -0.2) is 0 Å². The Morgan fingerprint density at radius 3 is 2.40 bits per heavy atom. The number of aliphatic hydroxyl groups excluding tert-OH is 3. The smallest absolute Gasteiger partial charge is 0.137 e. The Hall–Kier alpha value is -3.99. The van der Waals surface area contributed by atoms with Gasteiger partial charge in [-0.15, -0.1) is 0 Å². The molecule has 0 bridgehead atoms. The van der Waals surface area contributed by atoms with Crippen LogP contribution in [0.25, 0.3) is 0 Å². The van der Waals surface area contributed by atoms with Crippen LogP contribution in [0.15, 0.2) is 89.5 Å². The number of benzene rings is 2. The van der Waals surface area contributed by atoms with E-state index < -0.39 is 6.04 Å². The number of anilines is 3. The minimum Gasteiger partial charge on any atom is -0.506 e. The second-order valence-electron chi connectivity index (χ2n) is 10.4. The van der Waals surface area contributed by atoms with E-state index in [2.05, 4.69) is 51.6 Å². The average molecular weight is 546 g/mol. The third-order valence-electron chi connectivity index (χ3n) is 7.50. The number of rotatable bonds is 10. The first-order valence-corrected chi connectivity index (χ1v) is 13.7. The first-order chi connectivity index (χ1) is 19.4. The van der Waals surface area contributed by atoms with Gasteiger partial charge in [0.1, 0.15) is 5.76 Å². The van der Waals surface area contributed by atoms with E-state index in [9.17, 15) is 15.3 Å². The Kier molecular flexibility index (Phi) is 8.59. The standard InChI is InChI=1S/C30H39N7O3/c1-34-12-13-37(21-34)26-10-11-36(20-26)25-8-4-23(5-9-25)33-29-19-28(27(31)18-30(29)40)32-22-2-6-24(7-3-22)35(14-16-38)15-17-39/h2-9,12-13,18-19,26-27,33,38-40H,10-11,14-17,20-21,31H2,1H3. The Labute approximate surface area is 235 Å². The summed E-state index contributed by atoms with van der Waals surface area (Å²) in [4.78, 5) is 13.6. The molecule has 2 aromatic rings. The summed E-state index contributed by atoms with van der Waals surface area (Å²) in [5.41, 5.74) is 11.1. The molecule has 0 amide bonds. The summed E-state index contributed by atoms with van der Waals surface area (Å²) in [6.07, 6.45) is 8.81. The van der Waals surface area contributed by atoms with E-state index in [0.717, 1.165) is 43.2 Å². The van der Waals surface area contributed by atoms with Gasteiger partial charge in [-0.05, 0) is 67.1 Å². The highest BCUT2D eigenvalue weighted by molar-refractivity contribution is 6.04. The topological polar surface area (TPSA) is 124 Å². The van der Waals surface area contributed by atoms with Crippen molar-refractivity contribution in [2.75, 3.05) is 68.2 Å². The third kappa shape index (κ3) is 6.41. The SMILES string of the molecule is CN1C=CN(C2CCN(c3ccc(NC4=CC(=Nc5ccc(N(CCO)CCO)cc5)C(N)C=C4O)cc3)C2)C1. The number of aliphatic hydroxyl groups is 3. The van der Waals surface area contributed by atoms with Crippen molar-refractivity contribution >= 4 is 28.5 Å². The van der Waals surface area contributed by atoms with Crippen molar-refractivity contribution in [2.45, 2.75) is 18.5 Å². The quantitative estimate of drug-likeness (QED) is 0.306. The molecule has 1 aliphatic carbocycles. The summed E-state index contributed by atoms with van der Waals surface area (Å²) in [5, 5.41) is 32.5. The third-order valence-corrected chi connectivity index (χ3v) is 7.50. The summed E-state index contributed by atoms with van der Waals surface area (Å²) < 4.78 is 0. The van der Waals surface area contributed by atoms with Crippen molar-refractivity contribution in [1.29, 1.82) is 0 Å². The Morgan fingerprint density at radius 2 is 1.75 bits per heavy atom. The number of hydrogen-bond donors (Lipinski definition) is 5. The van der Waals surface area contributed by atoms with Gasteiger partial charge in [0.25, 0.3) is 0 Å². The molecule has 212 valence electrons. The van der Waals surface area contributed by atoms with Crippen LogP contribution in [0.4, 0.5) is 22.7 Å². The normalized spacial score (nSPS) is 21.7. The monoisotopic (exact) mass is 545 g/mol. The van der Waals surface area contributed by atoms with E-state index in [1.807, 2.05) is 41.3 Å². The lowest BCUT2D eigenvalue weighted by Crippen LogP contribution is -2.35. The van der Waals surface area contributed by atoms with Crippen molar-refractivity contribution in [3.8, 4) is 0 Å². The van der Waals surface area contributed by atoms with Gasteiger partial charge < -0.3 is 46.0 Å². The fourth-order valence-electron chi connectivity index (χ4n) is 5.32. The highest BCUT2D eigenvalue weighted by Crippen LogP contribution is 2.28. The number of hydrogen-bond acceptors (Lipinski definition) is 10. The summed E-state index contributed by atoms with van der Waals surface area (Å²) in [6.45, 7) is 3.86. The van der Waals surface area contributed by atoms with Gasteiger partial charge in [0.15, 0.2) is 0 Å². The highest BCUT2D eigenvalue weighted by Gasteiger charge is 2.28. The molecule has 0 radical (unpaired) electrons. The number of nitrogens with one attached hydrogen (secondary N) is 1. The van der Waals surface area contributed by atoms with Gasteiger partial charge in [-0.2, -0.15) is 0 Å². The van der Waals surface area contributed by atoms with Crippen LogP contribution in [0, 0.1) is 0 Å². The molecule has 40 heavy (non-hydrogen) atoms. The molecular weight excluding hydrogens is 506 g/mol. The minimum atomic E-state index is -0.541. The lowest BCUT2D eigenvalue weighted by molar-refractivity contribution is 0.243. The maximum absolute atomic E-state index is 10.6. The Bertz CT molecular complexity index is 1270. The molecule has 1 fully saturated rings. The van der Waals surface area contributed by atoms with Gasteiger partial charge in [0.05, 0.1) is 43.0 Å².